The van der Waals surface area contributed by atoms with E-state index >= 15 is 0 Å². The molecule has 142 valence electrons. The Hall–Kier alpha value is -2.97. The van der Waals surface area contributed by atoms with Crippen molar-refractivity contribution in [2.45, 2.75) is 11.8 Å². The van der Waals surface area contributed by atoms with Gasteiger partial charge in [-0.3, -0.25) is 4.79 Å². The second kappa shape index (κ2) is 9.11. The van der Waals surface area contributed by atoms with E-state index in [0.717, 1.165) is 0 Å². The number of hydrogen-bond acceptors (Lipinski definition) is 5. The molecule has 7 nitrogen and oxygen atoms in total. The predicted molar refractivity (Wildman–Crippen MR) is 103 cm³/mol. The van der Waals surface area contributed by atoms with Gasteiger partial charge in [-0.1, -0.05) is 25.1 Å². The smallest absolute Gasteiger partial charge is 0.337 e. The van der Waals surface area contributed by atoms with Gasteiger partial charge in [0.2, 0.25) is 15.9 Å². The van der Waals surface area contributed by atoms with Crippen LogP contribution < -0.4 is 10.0 Å². The number of anilines is 1. The summed E-state index contributed by atoms with van der Waals surface area (Å²) in [5.74, 6) is -0.879. The fraction of sp³-hybridized carbons (Fsp3) is 0.158. The second-order valence-electron chi connectivity index (χ2n) is 5.47. The number of esters is 1. The molecule has 27 heavy (non-hydrogen) atoms. The van der Waals surface area contributed by atoms with Gasteiger partial charge in [-0.15, -0.1) is 0 Å². The summed E-state index contributed by atoms with van der Waals surface area (Å²) in [7, 11) is -2.22. The second-order valence-corrected chi connectivity index (χ2v) is 7.23. The lowest BCUT2D eigenvalue weighted by Crippen LogP contribution is -2.22. The van der Waals surface area contributed by atoms with Crippen LogP contribution in [0.5, 0.6) is 0 Å². The minimum absolute atomic E-state index is 0.158. The quantitative estimate of drug-likeness (QED) is 0.560. The first kappa shape index (κ1) is 20.3. The van der Waals surface area contributed by atoms with Gasteiger partial charge in [0, 0.05) is 18.3 Å². The maximum Gasteiger partial charge on any atom is 0.337 e. The Morgan fingerprint density at radius 3 is 2.44 bits per heavy atom. The number of hydrogen-bond donors (Lipinski definition) is 2. The third-order valence-electron chi connectivity index (χ3n) is 3.50. The van der Waals surface area contributed by atoms with Crippen LogP contribution in [0.1, 0.15) is 22.8 Å². The Bertz CT molecular complexity index is 950. The molecule has 0 saturated carbocycles. The molecule has 0 radical (unpaired) electrons. The number of nitrogens with one attached hydrogen (secondary N) is 2. The summed E-state index contributed by atoms with van der Waals surface area (Å²) in [4.78, 5) is 23.7. The Morgan fingerprint density at radius 2 is 1.81 bits per heavy atom. The minimum atomic E-state index is -3.50. The molecule has 0 heterocycles. The molecule has 2 rings (SSSR count). The van der Waals surface area contributed by atoms with Crippen molar-refractivity contribution in [3.05, 3.63) is 65.7 Å². The zero-order valence-corrected chi connectivity index (χ0v) is 15.7. The molecule has 0 aliphatic rings. The summed E-state index contributed by atoms with van der Waals surface area (Å²) in [6.45, 7) is 2.01. The number of carbonyl (C=O) groups excluding carboxylic acids is 2. The molecule has 0 aromatic heterocycles. The van der Waals surface area contributed by atoms with E-state index in [-0.39, 0.29) is 10.8 Å². The van der Waals surface area contributed by atoms with E-state index < -0.39 is 16.0 Å². The monoisotopic (exact) mass is 388 g/mol. The van der Waals surface area contributed by atoms with E-state index in [0.29, 0.717) is 23.4 Å². The summed E-state index contributed by atoms with van der Waals surface area (Å²) in [6.07, 6.45) is 2.88. The molecule has 0 fully saturated rings. The Morgan fingerprint density at radius 1 is 1.11 bits per heavy atom. The van der Waals surface area contributed by atoms with Crippen molar-refractivity contribution in [3.63, 3.8) is 0 Å². The molecule has 0 unspecified atom stereocenters. The molecule has 2 N–H and O–H groups in total. The Kier molecular flexibility index (Phi) is 6.86. The first-order valence-corrected chi connectivity index (χ1v) is 9.61. The normalized spacial score (nSPS) is 11.3. The fourth-order valence-electron chi connectivity index (χ4n) is 2.23. The summed E-state index contributed by atoms with van der Waals surface area (Å²) >= 11 is 0. The van der Waals surface area contributed by atoms with Crippen molar-refractivity contribution in [1.82, 2.24) is 4.72 Å². The summed E-state index contributed by atoms with van der Waals surface area (Å²) in [5, 5.41) is 2.64. The largest absolute Gasteiger partial charge is 0.465 e. The summed E-state index contributed by atoms with van der Waals surface area (Å²) in [5.41, 5.74) is 1.46. The summed E-state index contributed by atoms with van der Waals surface area (Å²) < 4.78 is 30.8. The number of rotatable bonds is 7. The maximum absolute atomic E-state index is 12.0. The number of carbonyl (C=O) groups is 2. The highest BCUT2D eigenvalue weighted by Crippen LogP contribution is 2.13. The molecule has 8 heteroatoms. The van der Waals surface area contributed by atoms with Crippen LogP contribution in [0.25, 0.3) is 6.08 Å². The van der Waals surface area contributed by atoms with Crippen molar-refractivity contribution < 1.29 is 22.7 Å². The van der Waals surface area contributed by atoms with E-state index in [2.05, 4.69) is 14.8 Å². The zero-order valence-electron chi connectivity index (χ0n) is 14.9. The average Bonchev–Trinajstić information content (AvgIpc) is 2.66. The number of benzene rings is 2. The molecule has 0 atom stereocenters. The molecule has 2 aromatic rings. The van der Waals surface area contributed by atoms with Crippen molar-refractivity contribution >= 4 is 33.7 Å². The highest BCUT2D eigenvalue weighted by Gasteiger charge is 2.11. The van der Waals surface area contributed by atoms with Crippen LogP contribution in [0.15, 0.2) is 59.5 Å². The van der Waals surface area contributed by atoms with Gasteiger partial charge < -0.3 is 10.1 Å². The maximum atomic E-state index is 12.0. The van der Waals surface area contributed by atoms with E-state index in [1.54, 1.807) is 43.3 Å². The molecule has 0 aliphatic heterocycles. The van der Waals surface area contributed by atoms with Crippen LogP contribution in [0.3, 0.4) is 0 Å². The van der Waals surface area contributed by atoms with Gasteiger partial charge in [0.25, 0.3) is 0 Å². The molecular formula is C19H20N2O5S. The molecule has 2 aromatic carbocycles. The van der Waals surface area contributed by atoms with Crippen molar-refractivity contribution in [2.24, 2.45) is 0 Å². The Labute approximate surface area is 158 Å². The highest BCUT2D eigenvalue weighted by molar-refractivity contribution is 7.89. The van der Waals surface area contributed by atoms with Crippen molar-refractivity contribution in [3.8, 4) is 0 Å². The highest BCUT2D eigenvalue weighted by atomic mass is 32.2. The minimum Gasteiger partial charge on any atom is -0.465 e. The first-order valence-electron chi connectivity index (χ1n) is 8.13. The van der Waals surface area contributed by atoms with E-state index in [1.165, 1.54) is 31.4 Å². The zero-order chi connectivity index (χ0) is 19.9. The van der Waals surface area contributed by atoms with E-state index in [1.807, 2.05) is 0 Å². The van der Waals surface area contributed by atoms with Gasteiger partial charge in [0.15, 0.2) is 0 Å². The van der Waals surface area contributed by atoms with Gasteiger partial charge in [0.05, 0.1) is 17.6 Å². The van der Waals surface area contributed by atoms with Gasteiger partial charge in [0.1, 0.15) is 0 Å². The third-order valence-corrected chi connectivity index (χ3v) is 5.06. The number of amides is 1. The molecule has 1 amide bonds. The van der Waals surface area contributed by atoms with Crippen molar-refractivity contribution in [1.29, 1.82) is 0 Å². The number of ether oxygens (including phenoxy) is 1. The molecule has 0 spiro atoms. The van der Waals surface area contributed by atoms with Gasteiger partial charge in [-0.25, -0.2) is 17.9 Å². The topological polar surface area (TPSA) is 102 Å². The summed E-state index contributed by atoms with van der Waals surface area (Å²) in [6, 6.07) is 12.5. The number of methoxy groups -OCH3 is 1. The standard InChI is InChI=1S/C19H20N2O5S/c1-3-20-27(24,25)17-10-7-14(8-11-17)9-12-18(22)21-16-6-4-5-15(13-16)19(23)26-2/h4-13,20H,3H2,1-2H3,(H,21,22). The van der Waals surface area contributed by atoms with Crippen LogP contribution >= 0.6 is 0 Å². The first-order chi connectivity index (χ1) is 12.9. The van der Waals surface area contributed by atoms with Crippen LogP contribution in [-0.2, 0) is 19.6 Å². The third kappa shape index (κ3) is 5.77. The number of sulfonamides is 1. The average molecular weight is 388 g/mol. The van der Waals surface area contributed by atoms with Gasteiger partial charge in [-0.2, -0.15) is 0 Å². The Balaban J connectivity index is 2.04. The fourth-order valence-corrected chi connectivity index (χ4v) is 3.27. The molecular weight excluding hydrogens is 368 g/mol. The van der Waals surface area contributed by atoms with Crippen LogP contribution in [0, 0.1) is 0 Å². The van der Waals surface area contributed by atoms with E-state index in [4.69, 9.17) is 0 Å². The lowest BCUT2D eigenvalue weighted by molar-refractivity contribution is -0.111. The van der Waals surface area contributed by atoms with Crippen LogP contribution in [-0.4, -0.2) is 33.9 Å². The lowest BCUT2D eigenvalue weighted by Gasteiger charge is -2.05. The van der Waals surface area contributed by atoms with E-state index in [9.17, 15) is 18.0 Å². The van der Waals surface area contributed by atoms with Crippen LogP contribution in [0.2, 0.25) is 0 Å². The predicted octanol–water partition coefficient (Wildman–Crippen LogP) is 2.42. The SMILES string of the molecule is CCNS(=O)(=O)c1ccc(C=CC(=O)Nc2cccc(C(=O)OC)c2)cc1. The molecule has 0 aliphatic carbocycles. The lowest BCUT2D eigenvalue weighted by atomic mass is 10.2. The van der Waals surface area contributed by atoms with Crippen LogP contribution in [0.4, 0.5) is 5.69 Å². The molecule has 0 bridgehead atoms. The van der Waals surface area contributed by atoms with Gasteiger partial charge in [-0.05, 0) is 42.0 Å². The van der Waals surface area contributed by atoms with Gasteiger partial charge >= 0.3 is 5.97 Å². The molecule has 0 saturated heterocycles. The van der Waals surface area contributed by atoms with Crippen molar-refractivity contribution in [2.75, 3.05) is 19.0 Å².